The minimum atomic E-state index is -0.337. The molecule has 0 aliphatic carbocycles. The summed E-state index contributed by atoms with van der Waals surface area (Å²) in [6.45, 7) is 0. The van der Waals surface area contributed by atoms with Crippen LogP contribution in [-0.4, -0.2) is 5.91 Å². The number of anilines is 1. The summed E-state index contributed by atoms with van der Waals surface area (Å²) in [6, 6.07) is 11.8. The second kappa shape index (κ2) is 6.31. The van der Waals surface area contributed by atoms with Crippen molar-refractivity contribution in [1.29, 1.82) is 5.26 Å². The molecular weight excluding hydrogens is 360 g/mol. The van der Waals surface area contributed by atoms with Crippen LogP contribution in [0, 0.1) is 11.3 Å². The Morgan fingerprint density at radius 3 is 2.70 bits per heavy atom. The Bertz CT molecular complexity index is 728. The molecule has 0 unspecified atom stereocenters. The molecule has 20 heavy (non-hydrogen) atoms. The van der Waals surface area contributed by atoms with Gasteiger partial charge in [0.2, 0.25) is 0 Å². The number of rotatable bonds is 2. The first-order chi connectivity index (χ1) is 9.51. The van der Waals surface area contributed by atoms with Crippen LogP contribution in [0.3, 0.4) is 0 Å². The molecule has 0 saturated carbocycles. The van der Waals surface area contributed by atoms with Gasteiger partial charge < -0.3 is 5.32 Å². The molecule has 2 aromatic carbocycles. The van der Waals surface area contributed by atoms with E-state index in [4.69, 9.17) is 16.9 Å². The molecule has 0 aliphatic rings. The lowest BCUT2D eigenvalue weighted by Gasteiger charge is -2.09. The second-order valence-electron chi connectivity index (χ2n) is 3.92. The molecule has 2 rings (SSSR count). The second-order valence-corrected chi connectivity index (χ2v) is 5.70. The first-order valence-electron chi connectivity index (χ1n) is 5.51. The van der Waals surface area contributed by atoms with Crippen molar-refractivity contribution in [2.75, 3.05) is 5.32 Å². The summed E-state index contributed by atoms with van der Waals surface area (Å²) in [5, 5.41) is 11.9. The maximum Gasteiger partial charge on any atom is 0.257 e. The largest absolute Gasteiger partial charge is 0.321 e. The van der Waals surface area contributed by atoms with E-state index in [1.54, 1.807) is 36.4 Å². The molecule has 1 N–H and O–H groups in total. The average Bonchev–Trinajstić information content (AvgIpc) is 2.43. The number of nitrogens with one attached hydrogen (secondary N) is 1. The molecule has 2 aromatic rings. The van der Waals surface area contributed by atoms with Crippen molar-refractivity contribution < 1.29 is 4.79 Å². The smallest absolute Gasteiger partial charge is 0.257 e. The molecule has 1 amide bonds. The fraction of sp³-hybridized carbons (Fsp3) is 0. The molecule has 0 bridgehead atoms. The third-order valence-electron chi connectivity index (χ3n) is 2.54. The summed E-state index contributed by atoms with van der Waals surface area (Å²) in [5.41, 5.74) is 1.41. The SMILES string of the molecule is N#Cc1ccc(NC(=O)c2cc(S)ccc2Cl)c(Br)c1. The third-order valence-corrected chi connectivity index (χ3v) is 3.80. The van der Waals surface area contributed by atoms with E-state index in [9.17, 15) is 4.79 Å². The van der Waals surface area contributed by atoms with Gasteiger partial charge in [0.25, 0.3) is 5.91 Å². The molecule has 0 spiro atoms. The number of nitriles is 1. The number of halogens is 2. The topological polar surface area (TPSA) is 52.9 Å². The molecule has 0 saturated heterocycles. The lowest BCUT2D eigenvalue weighted by atomic mass is 10.2. The zero-order chi connectivity index (χ0) is 14.7. The van der Waals surface area contributed by atoms with Crippen LogP contribution in [0.25, 0.3) is 0 Å². The van der Waals surface area contributed by atoms with Crippen LogP contribution in [0.1, 0.15) is 15.9 Å². The number of carbonyl (C=O) groups is 1. The predicted octanol–water partition coefficient (Wildman–Crippen LogP) is 4.52. The Labute approximate surface area is 135 Å². The highest BCUT2D eigenvalue weighted by Crippen LogP contribution is 2.26. The van der Waals surface area contributed by atoms with Crippen molar-refractivity contribution in [3.63, 3.8) is 0 Å². The lowest BCUT2D eigenvalue weighted by molar-refractivity contribution is 0.102. The van der Waals surface area contributed by atoms with E-state index < -0.39 is 0 Å². The van der Waals surface area contributed by atoms with E-state index in [0.29, 0.717) is 31.2 Å². The van der Waals surface area contributed by atoms with Gasteiger partial charge in [-0.1, -0.05) is 11.6 Å². The highest BCUT2D eigenvalue weighted by Gasteiger charge is 2.12. The highest BCUT2D eigenvalue weighted by molar-refractivity contribution is 9.10. The Hall–Kier alpha value is -1.48. The molecule has 0 aromatic heterocycles. The summed E-state index contributed by atoms with van der Waals surface area (Å²) in [6.07, 6.45) is 0. The summed E-state index contributed by atoms with van der Waals surface area (Å²) in [4.78, 5) is 12.8. The van der Waals surface area contributed by atoms with E-state index in [2.05, 4.69) is 33.9 Å². The molecule has 0 radical (unpaired) electrons. The predicted molar refractivity (Wildman–Crippen MR) is 85.5 cm³/mol. The van der Waals surface area contributed by atoms with Crippen LogP contribution in [0.4, 0.5) is 5.69 Å². The van der Waals surface area contributed by atoms with Gasteiger partial charge in [0, 0.05) is 9.37 Å². The van der Waals surface area contributed by atoms with Crippen LogP contribution in [0.2, 0.25) is 5.02 Å². The maximum atomic E-state index is 12.2. The van der Waals surface area contributed by atoms with Gasteiger partial charge in [-0.15, -0.1) is 12.6 Å². The first kappa shape index (κ1) is 14.9. The van der Waals surface area contributed by atoms with E-state index in [-0.39, 0.29) is 5.91 Å². The van der Waals surface area contributed by atoms with Crippen molar-refractivity contribution in [1.82, 2.24) is 0 Å². The van der Waals surface area contributed by atoms with Crippen molar-refractivity contribution in [2.24, 2.45) is 0 Å². The Morgan fingerprint density at radius 1 is 1.30 bits per heavy atom. The molecule has 100 valence electrons. The summed E-state index contributed by atoms with van der Waals surface area (Å²) in [5.74, 6) is -0.337. The number of hydrogen-bond acceptors (Lipinski definition) is 3. The van der Waals surface area contributed by atoms with Crippen molar-refractivity contribution in [3.05, 3.63) is 57.0 Å². The highest BCUT2D eigenvalue weighted by atomic mass is 79.9. The van der Waals surface area contributed by atoms with Gasteiger partial charge in [-0.3, -0.25) is 4.79 Å². The molecular formula is C14H8BrClN2OS. The molecule has 6 heteroatoms. The van der Waals surface area contributed by atoms with Gasteiger partial charge in [-0.05, 0) is 52.3 Å². The average molecular weight is 368 g/mol. The number of nitrogens with zero attached hydrogens (tertiary/aromatic N) is 1. The number of benzene rings is 2. The van der Waals surface area contributed by atoms with Gasteiger partial charge in [-0.25, -0.2) is 0 Å². The van der Waals surface area contributed by atoms with E-state index >= 15 is 0 Å². The van der Waals surface area contributed by atoms with Gasteiger partial charge >= 0.3 is 0 Å². The van der Waals surface area contributed by atoms with Crippen molar-refractivity contribution in [2.45, 2.75) is 4.90 Å². The van der Waals surface area contributed by atoms with Gasteiger partial charge in [0.05, 0.1) is 27.9 Å². The first-order valence-corrected chi connectivity index (χ1v) is 7.12. The zero-order valence-corrected chi connectivity index (χ0v) is 13.3. The molecule has 0 heterocycles. The van der Waals surface area contributed by atoms with Crippen LogP contribution < -0.4 is 5.32 Å². The van der Waals surface area contributed by atoms with Crippen LogP contribution in [0.5, 0.6) is 0 Å². The third kappa shape index (κ3) is 3.34. The summed E-state index contributed by atoms with van der Waals surface area (Å²) >= 11 is 13.5. The fourth-order valence-electron chi connectivity index (χ4n) is 1.56. The van der Waals surface area contributed by atoms with E-state index in [1.807, 2.05) is 6.07 Å². The van der Waals surface area contributed by atoms with Crippen molar-refractivity contribution >= 4 is 51.8 Å². The number of amides is 1. The lowest BCUT2D eigenvalue weighted by Crippen LogP contribution is -2.13. The number of carbonyl (C=O) groups excluding carboxylic acids is 1. The fourth-order valence-corrected chi connectivity index (χ4v) is 2.45. The zero-order valence-electron chi connectivity index (χ0n) is 10.0. The monoisotopic (exact) mass is 366 g/mol. The molecule has 0 atom stereocenters. The minimum absolute atomic E-state index is 0.337. The van der Waals surface area contributed by atoms with Crippen LogP contribution in [0.15, 0.2) is 45.8 Å². The van der Waals surface area contributed by atoms with Gasteiger partial charge in [0.15, 0.2) is 0 Å². The normalized spacial score (nSPS) is 9.90. The summed E-state index contributed by atoms with van der Waals surface area (Å²) < 4.78 is 0.628. The van der Waals surface area contributed by atoms with Gasteiger partial charge in [0.1, 0.15) is 0 Å². The molecule has 0 fully saturated rings. The Balaban J connectivity index is 2.28. The number of thiol groups is 1. The quantitative estimate of drug-likeness (QED) is 0.767. The van der Waals surface area contributed by atoms with Crippen LogP contribution >= 0.6 is 40.2 Å². The van der Waals surface area contributed by atoms with Crippen LogP contribution in [-0.2, 0) is 0 Å². The van der Waals surface area contributed by atoms with Crippen molar-refractivity contribution in [3.8, 4) is 6.07 Å². The standard InChI is InChI=1S/C14H8BrClN2OS/c15-11-5-8(7-17)1-4-13(11)18-14(19)10-6-9(20)2-3-12(10)16/h1-6,20H,(H,18,19). The van der Waals surface area contributed by atoms with E-state index in [0.717, 1.165) is 0 Å². The molecule has 3 nitrogen and oxygen atoms in total. The number of hydrogen-bond donors (Lipinski definition) is 2. The minimum Gasteiger partial charge on any atom is -0.321 e. The molecule has 0 aliphatic heterocycles. The Morgan fingerprint density at radius 2 is 2.05 bits per heavy atom. The van der Waals surface area contributed by atoms with Gasteiger partial charge in [-0.2, -0.15) is 5.26 Å². The Kier molecular flexibility index (Phi) is 4.71. The summed E-state index contributed by atoms with van der Waals surface area (Å²) in [7, 11) is 0. The van der Waals surface area contributed by atoms with E-state index in [1.165, 1.54) is 0 Å². The maximum absolute atomic E-state index is 12.2.